The number of benzene rings is 2. The van der Waals surface area contributed by atoms with E-state index in [2.05, 4.69) is 0 Å². The van der Waals surface area contributed by atoms with E-state index in [0.29, 0.717) is 12.1 Å². The summed E-state index contributed by atoms with van der Waals surface area (Å²) >= 11 is 0. The molecule has 2 aromatic carbocycles. The number of hydrogen-bond acceptors (Lipinski definition) is 6. The lowest BCUT2D eigenvalue weighted by Crippen LogP contribution is -2.49. The predicted molar refractivity (Wildman–Crippen MR) is 107 cm³/mol. The Bertz CT molecular complexity index is 875. The third-order valence-electron chi connectivity index (χ3n) is 4.02. The van der Waals surface area contributed by atoms with Crippen LogP contribution in [-0.4, -0.2) is 38.0 Å². The fourth-order valence-corrected chi connectivity index (χ4v) is 2.93. The van der Waals surface area contributed by atoms with Crippen LogP contribution in [0.4, 0.5) is 0 Å². The van der Waals surface area contributed by atoms with E-state index in [1.165, 1.54) is 24.3 Å². The van der Waals surface area contributed by atoms with Crippen LogP contribution in [0.3, 0.4) is 0 Å². The van der Waals surface area contributed by atoms with Crippen molar-refractivity contribution in [3.63, 3.8) is 0 Å². The molecule has 156 valence electrons. The second-order valence-corrected chi connectivity index (χ2v) is 9.32. The third-order valence-corrected chi connectivity index (χ3v) is 5.76. The summed E-state index contributed by atoms with van der Waals surface area (Å²) < 4.78 is 59.1. The average molecular weight is 431 g/mol. The Labute approximate surface area is 166 Å². The minimum Gasteiger partial charge on any atom is -0.326 e. The molecule has 1 aliphatic rings. The Balaban J connectivity index is 0.000000219. The van der Waals surface area contributed by atoms with Gasteiger partial charge in [-0.15, -0.1) is 0 Å². The summed E-state index contributed by atoms with van der Waals surface area (Å²) in [6.07, 6.45) is 2.25. The molecule has 6 N–H and O–H groups in total. The Kier molecular flexibility index (Phi) is 8.74. The van der Waals surface area contributed by atoms with E-state index in [1.54, 1.807) is 24.3 Å². The minimum absolute atomic E-state index is 0.0666. The molecule has 3 rings (SSSR count). The lowest BCUT2D eigenvalue weighted by molar-refractivity contribution is 0.347. The molecule has 0 unspecified atom stereocenters. The van der Waals surface area contributed by atoms with Gasteiger partial charge in [-0.2, -0.15) is 16.8 Å². The van der Waals surface area contributed by atoms with Gasteiger partial charge in [0.05, 0.1) is 9.79 Å². The summed E-state index contributed by atoms with van der Waals surface area (Å²) in [5.41, 5.74) is 12.7. The van der Waals surface area contributed by atoms with Crippen molar-refractivity contribution in [1.82, 2.24) is 0 Å². The minimum atomic E-state index is -4.02. The monoisotopic (exact) mass is 430 g/mol. The van der Waals surface area contributed by atoms with Gasteiger partial charge in [0.25, 0.3) is 20.2 Å². The van der Waals surface area contributed by atoms with E-state index in [1.807, 2.05) is 13.8 Å². The fraction of sp³-hybridized carbons (Fsp3) is 0.333. The Morgan fingerprint density at radius 2 is 0.929 bits per heavy atom. The highest BCUT2D eigenvalue weighted by atomic mass is 32.2. The van der Waals surface area contributed by atoms with E-state index in [-0.39, 0.29) is 9.79 Å². The number of rotatable bonds is 2. The van der Waals surface area contributed by atoms with Gasteiger partial charge in [-0.05, 0) is 51.0 Å². The van der Waals surface area contributed by atoms with E-state index in [9.17, 15) is 16.8 Å². The number of aryl methyl sites for hydroxylation is 2. The highest BCUT2D eigenvalue weighted by Gasteiger charge is 2.22. The highest BCUT2D eigenvalue weighted by Crippen LogP contribution is 2.13. The zero-order valence-electron chi connectivity index (χ0n) is 15.7. The zero-order chi connectivity index (χ0) is 21.5. The van der Waals surface area contributed by atoms with Gasteiger partial charge in [0.15, 0.2) is 0 Å². The summed E-state index contributed by atoms with van der Waals surface area (Å²) in [6, 6.07) is 12.6. The lowest BCUT2D eigenvalue weighted by Gasteiger charge is -2.29. The van der Waals surface area contributed by atoms with Crippen LogP contribution in [0.1, 0.15) is 24.0 Å². The van der Waals surface area contributed by atoms with Crippen molar-refractivity contribution < 1.29 is 25.9 Å². The van der Waals surface area contributed by atoms with Crippen LogP contribution >= 0.6 is 0 Å². The molecular weight excluding hydrogens is 404 g/mol. The molecule has 0 aliphatic heterocycles. The van der Waals surface area contributed by atoms with Crippen LogP contribution in [0, 0.1) is 13.8 Å². The summed E-state index contributed by atoms with van der Waals surface area (Å²) in [5.74, 6) is 0. The quantitative estimate of drug-likeness (QED) is 0.525. The van der Waals surface area contributed by atoms with Crippen molar-refractivity contribution in [3.8, 4) is 0 Å². The van der Waals surface area contributed by atoms with Gasteiger partial charge >= 0.3 is 0 Å². The molecule has 0 amide bonds. The first kappa shape index (κ1) is 24.2. The lowest BCUT2D eigenvalue weighted by atomic mass is 9.88. The van der Waals surface area contributed by atoms with E-state index >= 15 is 0 Å². The van der Waals surface area contributed by atoms with Crippen LogP contribution in [0.25, 0.3) is 0 Å². The molecular formula is C18H26N2O6S2. The SMILES string of the molecule is Cc1ccc(S(=O)(=O)O)cc1.Cc1ccc(S(=O)(=O)O)cc1.N[C@H]1CC[C@@H]1N. The summed E-state index contributed by atoms with van der Waals surface area (Å²) in [4.78, 5) is -0.133. The molecule has 0 aromatic heterocycles. The fourth-order valence-electron chi connectivity index (χ4n) is 1.97. The molecule has 0 spiro atoms. The highest BCUT2D eigenvalue weighted by molar-refractivity contribution is 7.86. The molecule has 0 saturated heterocycles. The maximum Gasteiger partial charge on any atom is 0.294 e. The van der Waals surface area contributed by atoms with Gasteiger partial charge in [0.1, 0.15) is 0 Å². The van der Waals surface area contributed by atoms with Gasteiger partial charge in [-0.1, -0.05) is 35.4 Å². The van der Waals surface area contributed by atoms with Crippen LogP contribution < -0.4 is 11.5 Å². The van der Waals surface area contributed by atoms with Gasteiger partial charge in [-0.25, -0.2) is 0 Å². The molecule has 28 heavy (non-hydrogen) atoms. The molecule has 8 nitrogen and oxygen atoms in total. The van der Waals surface area contributed by atoms with Gasteiger partial charge in [0, 0.05) is 12.1 Å². The Morgan fingerprint density at radius 1 is 0.679 bits per heavy atom. The second-order valence-electron chi connectivity index (χ2n) is 6.48. The summed E-state index contributed by atoms with van der Waals surface area (Å²) in [5, 5.41) is 0. The van der Waals surface area contributed by atoms with Crippen LogP contribution in [0.5, 0.6) is 0 Å². The normalized spacial score (nSPS) is 18.6. The van der Waals surface area contributed by atoms with Crippen molar-refractivity contribution in [2.75, 3.05) is 0 Å². The van der Waals surface area contributed by atoms with Gasteiger partial charge < -0.3 is 11.5 Å². The molecule has 1 aliphatic carbocycles. The van der Waals surface area contributed by atoms with Gasteiger partial charge in [-0.3, -0.25) is 9.11 Å². The van der Waals surface area contributed by atoms with Gasteiger partial charge in [0.2, 0.25) is 0 Å². The average Bonchev–Trinajstić information content (AvgIpc) is 2.60. The molecule has 1 saturated carbocycles. The van der Waals surface area contributed by atoms with Crippen molar-refractivity contribution in [1.29, 1.82) is 0 Å². The summed E-state index contributed by atoms with van der Waals surface area (Å²) in [6.45, 7) is 3.68. The largest absolute Gasteiger partial charge is 0.326 e. The number of nitrogens with two attached hydrogens (primary N) is 2. The predicted octanol–water partition coefficient (Wildman–Crippen LogP) is 1.92. The smallest absolute Gasteiger partial charge is 0.294 e. The Hall–Kier alpha value is -1.82. The Morgan fingerprint density at radius 3 is 1.07 bits per heavy atom. The van der Waals surface area contributed by atoms with Crippen LogP contribution in [-0.2, 0) is 20.2 Å². The van der Waals surface area contributed by atoms with Crippen molar-refractivity contribution >= 4 is 20.2 Å². The summed E-state index contributed by atoms with van der Waals surface area (Å²) in [7, 11) is -8.04. The van der Waals surface area contributed by atoms with Crippen molar-refractivity contribution in [3.05, 3.63) is 59.7 Å². The van der Waals surface area contributed by atoms with E-state index in [4.69, 9.17) is 20.6 Å². The maximum atomic E-state index is 10.5. The molecule has 2 aromatic rings. The van der Waals surface area contributed by atoms with E-state index in [0.717, 1.165) is 24.0 Å². The molecule has 0 bridgehead atoms. The first-order valence-electron chi connectivity index (χ1n) is 8.40. The molecule has 10 heteroatoms. The van der Waals surface area contributed by atoms with Crippen LogP contribution in [0.2, 0.25) is 0 Å². The maximum absolute atomic E-state index is 10.5. The second kappa shape index (κ2) is 10.1. The number of hydrogen-bond donors (Lipinski definition) is 4. The van der Waals surface area contributed by atoms with Crippen LogP contribution in [0.15, 0.2) is 58.3 Å². The molecule has 0 heterocycles. The zero-order valence-corrected chi connectivity index (χ0v) is 17.3. The topological polar surface area (TPSA) is 161 Å². The standard InChI is InChI=1S/2C7H8O3S.C4H10N2/c2*1-6-2-4-7(5-3-6)11(8,9)10;5-3-1-2-4(3)6/h2*2-5H,1H3,(H,8,9,10);3-4H,1-2,5-6H2/t;;3-,4-/m..0/s1. The van der Waals surface area contributed by atoms with Crippen molar-refractivity contribution in [2.45, 2.75) is 48.6 Å². The molecule has 2 atom stereocenters. The third kappa shape index (κ3) is 8.46. The first-order chi connectivity index (χ1) is 12.8. The molecule has 1 fully saturated rings. The molecule has 0 radical (unpaired) electrons. The van der Waals surface area contributed by atoms with E-state index < -0.39 is 20.2 Å². The first-order valence-corrected chi connectivity index (χ1v) is 11.3. The van der Waals surface area contributed by atoms with Crippen molar-refractivity contribution in [2.24, 2.45) is 11.5 Å².